The van der Waals surface area contributed by atoms with Gasteiger partial charge < -0.3 is 15.0 Å². The van der Waals surface area contributed by atoms with Gasteiger partial charge in [-0.25, -0.2) is 0 Å². The topological polar surface area (TPSA) is 71.2 Å². The van der Waals surface area contributed by atoms with Crippen LogP contribution >= 0.6 is 0 Å². The van der Waals surface area contributed by atoms with Crippen molar-refractivity contribution in [3.63, 3.8) is 0 Å². The van der Waals surface area contributed by atoms with E-state index in [-0.39, 0.29) is 16.9 Å². The van der Waals surface area contributed by atoms with Crippen molar-refractivity contribution in [2.75, 3.05) is 13.7 Å². The number of H-pyrrole nitrogens is 1. The van der Waals surface area contributed by atoms with E-state index < -0.39 is 0 Å². The summed E-state index contributed by atoms with van der Waals surface area (Å²) in [5.41, 5.74) is 2.16. The van der Waals surface area contributed by atoms with Gasteiger partial charge in [-0.05, 0) is 38.3 Å². The number of hydrogen-bond donors (Lipinski definition) is 2. The molecule has 2 N–H and O–H groups in total. The normalized spacial score (nSPS) is 16.2. The molecule has 1 heterocycles. The zero-order valence-electron chi connectivity index (χ0n) is 15.0. The van der Waals surface area contributed by atoms with E-state index in [1.54, 1.807) is 7.11 Å². The van der Waals surface area contributed by atoms with Gasteiger partial charge in [0.05, 0.1) is 12.1 Å². The third kappa shape index (κ3) is 3.76. The fourth-order valence-electron chi connectivity index (χ4n) is 3.93. The summed E-state index contributed by atoms with van der Waals surface area (Å²) >= 11 is 0. The van der Waals surface area contributed by atoms with Gasteiger partial charge in [0.15, 0.2) is 5.43 Å². The second kappa shape index (κ2) is 7.40. The predicted octanol–water partition coefficient (Wildman–Crippen LogP) is 2.84. The monoisotopic (exact) mass is 342 g/mol. The molecule has 1 fully saturated rings. The number of methoxy groups -OCH3 is 1. The summed E-state index contributed by atoms with van der Waals surface area (Å²) < 4.78 is 5.31. The van der Waals surface area contributed by atoms with E-state index in [2.05, 4.69) is 10.3 Å². The molecule has 1 aromatic heterocycles. The molecule has 1 aliphatic rings. The van der Waals surface area contributed by atoms with Crippen molar-refractivity contribution in [2.24, 2.45) is 0 Å². The number of amides is 1. The minimum atomic E-state index is -0.226. The largest absolute Gasteiger partial charge is 0.382 e. The van der Waals surface area contributed by atoms with Crippen molar-refractivity contribution in [2.45, 2.75) is 51.0 Å². The number of nitrogens with one attached hydrogen (secondary N) is 2. The number of carbonyl (C=O) groups excluding carboxylic acids is 1. The van der Waals surface area contributed by atoms with E-state index >= 15 is 0 Å². The Morgan fingerprint density at radius 2 is 2.00 bits per heavy atom. The zero-order chi connectivity index (χ0) is 17.9. The molecule has 3 rings (SSSR count). The average Bonchev–Trinajstić information content (AvgIpc) is 3.03. The first kappa shape index (κ1) is 17.7. The van der Waals surface area contributed by atoms with Gasteiger partial charge in [0.2, 0.25) is 5.91 Å². The van der Waals surface area contributed by atoms with Crippen molar-refractivity contribution in [3.8, 4) is 0 Å². The molecule has 1 amide bonds. The van der Waals surface area contributed by atoms with Crippen LogP contribution in [0, 0.1) is 6.92 Å². The van der Waals surface area contributed by atoms with E-state index in [1.165, 1.54) is 0 Å². The lowest BCUT2D eigenvalue weighted by Gasteiger charge is -2.29. The Morgan fingerprint density at radius 1 is 1.28 bits per heavy atom. The maximum absolute atomic E-state index is 12.7. The molecule has 0 spiro atoms. The summed E-state index contributed by atoms with van der Waals surface area (Å²) in [6, 6.07) is 7.48. The number of aromatic nitrogens is 1. The van der Waals surface area contributed by atoms with E-state index in [4.69, 9.17) is 4.74 Å². The van der Waals surface area contributed by atoms with Gasteiger partial charge in [-0.3, -0.25) is 9.59 Å². The molecule has 0 unspecified atom stereocenters. The molecule has 0 bridgehead atoms. The number of benzene rings is 1. The van der Waals surface area contributed by atoms with Crippen LogP contribution in [0.2, 0.25) is 0 Å². The van der Waals surface area contributed by atoms with Gasteiger partial charge in [0.25, 0.3) is 0 Å². The minimum absolute atomic E-state index is 0.00842. The summed E-state index contributed by atoms with van der Waals surface area (Å²) in [5.74, 6) is -0.00842. The number of para-hydroxylation sites is 1. The van der Waals surface area contributed by atoms with Gasteiger partial charge in [0.1, 0.15) is 0 Å². The van der Waals surface area contributed by atoms with Crippen molar-refractivity contribution >= 4 is 16.8 Å². The lowest BCUT2D eigenvalue weighted by Crippen LogP contribution is -2.49. The second-order valence-corrected chi connectivity index (χ2v) is 7.07. The Balaban J connectivity index is 1.72. The van der Waals surface area contributed by atoms with E-state index in [1.807, 2.05) is 31.2 Å². The molecule has 5 heteroatoms. The van der Waals surface area contributed by atoms with Crippen LogP contribution < -0.4 is 10.7 Å². The standard InChI is InChI=1S/C20H26N2O3/c1-14-15(19(24)16-7-3-4-8-17(16)21-14)9-10-18(23)22-20(13-25-2)11-5-6-12-20/h3-4,7-8H,5-6,9-13H2,1-2H3,(H,21,24)(H,22,23). The summed E-state index contributed by atoms with van der Waals surface area (Å²) in [5, 5.41) is 3.84. The number of rotatable bonds is 6. The Labute approximate surface area is 147 Å². The number of aromatic amines is 1. The van der Waals surface area contributed by atoms with Crippen LogP contribution in [-0.2, 0) is 16.0 Å². The average molecular weight is 342 g/mol. The summed E-state index contributed by atoms with van der Waals surface area (Å²) in [6.45, 7) is 2.44. The molecule has 0 aliphatic heterocycles. The van der Waals surface area contributed by atoms with Gasteiger partial charge in [-0.2, -0.15) is 0 Å². The summed E-state index contributed by atoms with van der Waals surface area (Å²) in [7, 11) is 1.67. The predicted molar refractivity (Wildman–Crippen MR) is 98.8 cm³/mol. The number of fused-ring (bicyclic) bond motifs is 1. The Hall–Kier alpha value is -2.14. The molecular formula is C20H26N2O3. The molecule has 0 atom stereocenters. The van der Waals surface area contributed by atoms with Crippen LogP contribution in [0.15, 0.2) is 29.1 Å². The first-order valence-corrected chi connectivity index (χ1v) is 8.95. The van der Waals surface area contributed by atoms with Crippen LogP contribution in [0.5, 0.6) is 0 Å². The molecule has 0 saturated heterocycles. The van der Waals surface area contributed by atoms with Crippen LogP contribution in [-0.4, -0.2) is 30.1 Å². The Morgan fingerprint density at radius 3 is 2.72 bits per heavy atom. The number of aryl methyl sites for hydroxylation is 1. The highest BCUT2D eigenvalue weighted by Crippen LogP contribution is 2.30. The lowest BCUT2D eigenvalue weighted by molar-refractivity contribution is -0.123. The van der Waals surface area contributed by atoms with E-state index in [9.17, 15) is 9.59 Å². The van der Waals surface area contributed by atoms with Gasteiger partial charge in [0, 0.05) is 35.7 Å². The molecule has 25 heavy (non-hydrogen) atoms. The fraction of sp³-hybridized carbons (Fsp3) is 0.500. The maximum Gasteiger partial charge on any atom is 0.220 e. The smallest absolute Gasteiger partial charge is 0.220 e. The van der Waals surface area contributed by atoms with Gasteiger partial charge in [-0.15, -0.1) is 0 Å². The van der Waals surface area contributed by atoms with Crippen LogP contribution in [0.25, 0.3) is 10.9 Å². The van der Waals surface area contributed by atoms with Crippen molar-refractivity contribution in [3.05, 3.63) is 45.7 Å². The van der Waals surface area contributed by atoms with Gasteiger partial charge >= 0.3 is 0 Å². The molecule has 5 nitrogen and oxygen atoms in total. The Kier molecular flexibility index (Phi) is 5.23. The number of carbonyl (C=O) groups is 1. The first-order valence-electron chi connectivity index (χ1n) is 8.95. The highest BCUT2D eigenvalue weighted by Gasteiger charge is 2.35. The van der Waals surface area contributed by atoms with Crippen LogP contribution in [0.1, 0.15) is 43.4 Å². The fourth-order valence-corrected chi connectivity index (χ4v) is 3.93. The first-order chi connectivity index (χ1) is 12.0. The zero-order valence-corrected chi connectivity index (χ0v) is 15.0. The maximum atomic E-state index is 12.7. The number of hydrogen-bond acceptors (Lipinski definition) is 3. The highest BCUT2D eigenvalue weighted by molar-refractivity contribution is 5.80. The van der Waals surface area contributed by atoms with E-state index in [0.29, 0.717) is 30.4 Å². The lowest BCUT2D eigenvalue weighted by atomic mass is 9.98. The molecule has 1 saturated carbocycles. The minimum Gasteiger partial charge on any atom is -0.382 e. The third-order valence-electron chi connectivity index (χ3n) is 5.21. The third-order valence-corrected chi connectivity index (χ3v) is 5.21. The van der Waals surface area contributed by atoms with E-state index in [0.717, 1.165) is 36.9 Å². The van der Waals surface area contributed by atoms with Crippen molar-refractivity contribution in [1.82, 2.24) is 10.3 Å². The molecular weight excluding hydrogens is 316 g/mol. The second-order valence-electron chi connectivity index (χ2n) is 7.07. The van der Waals surface area contributed by atoms with Crippen molar-refractivity contribution < 1.29 is 9.53 Å². The van der Waals surface area contributed by atoms with Gasteiger partial charge in [-0.1, -0.05) is 25.0 Å². The molecule has 1 aromatic carbocycles. The summed E-state index contributed by atoms with van der Waals surface area (Å²) in [4.78, 5) is 28.4. The quantitative estimate of drug-likeness (QED) is 0.848. The number of pyridine rings is 1. The van der Waals surface area contributed by atoms with Crippen LogP contribution in [0.4, 0.5) is 0 Å². The molecule has 1 aliphatic carbocycles. The number of ether oxygens (including phenoxy) is 1. The highest BCUT2D eigenvalue weighted by atomic mass is 16.5. The van der Waals surface area contributed by atoms with Crippen molar-refractivity contribution in [1.29, 1.82) is 0 Å². The molecule has 2 aromatic rings. The molecule has 134 valence electrons. The SMILES string of the molecule is COCC1(NC(=O)CCc2c(C)[nH]c3ccccc3c2=O)CCCC1. The summed E-state index contributed by atoms with van der Waals surface area (Å²) in [6.07, 6.45) is 4.92. The Bertz CT molecular complexity index is 819. The molecule has 0 radical (unpaired) electrons. The van der Waals surface area contributed by atoms with Crippen LogP contribution in [0.3, 0.4) is 0 Å².